The van der Waals surface area contributed by atoms with Gasteiger partial charge in [-0.3, -0.25) is 10.3 Å². The Morgan fingerprint density at radius 1 is 1.88 bits per heavy atom. The summed E-state index contributed by atoms with van der Waals surface area (Å²) in [5, 5.41) is 0. The Balaban J connectivity index is 2.54. The average molecular weight is 113 g/mol. The van der Waals surface area contributed by atoms with Gasteiger partial charge in [0, 0.05) is 6.20 Å². The number of hydrogen-bond donors (Lipinski definition) is 2. The Hall–Kier alpha value is -1.03. The van der Waals surface area contributed by atoms with E-state index >= 15 is 0 Å². The van der Waals surface area contributed by atoms with Crippen LogP contribution < -0.4 is 10.9 Å². The maximum Gasteiger partial charge on any atom is 0.336 e. The second kappa shape index (κ2) is 1.83. The fourth-order valence-corrected chi connectivity index (χ4v) is 0.491. The van der Waals surface area contributed by atoms with Gasteiger partial charge >= 0.3 is 6.03 Å². The highest BCUT2D eigenvalue weighted by Gasteiger charge is 2.14. The molecule has 4 nitrogen and oxygen atoms in total. The van der Waals surface area contributed by atoms with Crippen molar-refractivity contribution in [2.75, 3.05) is 6.67 Å². The molecule has 2 amide bonds. The van der Waals surface area contributed by atoms with E-state index in [-0.39, 0.29) is 6.03 Å². The fraction of sp³-hybridized carbons (Fsp3) is 0.250. The monoisotopic (exact) mass is 113 g/mol. The van der Waals surface area contributed by atoms with Crippen molar-refractivity contribution >= 4 is 6.03 Å². The summed E-state index contributed by atoms with van der Waals surface area (Å²) in [6.45, 7) is 3.92. The van der Waals surface area contributed by atoms with E-state index in [1.807, 2.05) is 0 Å². The molecule has 0 aromatic heterocycles. The zero-order valence-electron chi connectivity index (χ0n) is 4.35. The molecule has 0 saturated carbocycles. The van der Waals surface area contributed by atoms with E-state index in [9.17, 15) is 4.79 Å². The van der Waals surface area contributed by atoms with Crippen molar-refractivity contribution in [2.24, 2.45) is 0 Å². The minimum atomic E-state index is -0.153. The molecule has 0 aliphatic carbocycles. The van der Waals surface area contributed by atoms with Crippen LogP contribution in [0, 0.1) is 0 Å². The van der Waals surface area contributed by atoms with E-state index in [0.29, 0.717) is 6.67 Å². The highest BCUT2D eigenvalue weighted by atomic mass is 16.2. The lowest BCUT2D eigenvalue weighted by molar-refractivity contribution is 0.230. The number of rotatable bonds is 1. The van der Waals surface area contributed by atoms with Crippen molar-refractivity contribution in [3.05, 3.63) is 12.8 Å². The molecule has 0 spiro atoms. The number of nitrogens with one attached hydrogen (secondary N) is 2. The maximum atomic E-state index is 10.5. The minimum Gasteiger partial charge on any atom is -0.286 e. The van der Waals surface area contributed by atoms with Gasteiger partial charge < -0.3 is 0 Å². The van der Waals surface area contributed by atoms with E-state index in [4.69, 9.17) is 0 Å². The first kappa shape index (κ1) is 5.11. The van der Waals surface area contributed by atoms with Crippen LogP contribution in [0.25, 0.3) is 0 Å². The van der Waals surface area contributed by atoms with Gasteiger partial charge in [0.15, 0.2) is 0 Å². The Kier molecular flexibility index (Phi) is 1.17. The van der Waals surface area contributed by atoms with Crippen LogP contribution in [0.1, 0.15) is 0 Å². The number of carbonyl (C=O) groups is 1. The Labute approximate surface area is 47.1 Å². The second-order valence-electron chi connectivity index (χ2n) is 1.42. The molecular formula is C4H7N3O. The third-order valence-corrected chi connectivity index (χ3v) is 0.926. The summed E-state index contributed by atoms with van der Waals surface area (Å²) in [6.07, 6.45) is 1.47. The molecule has 2 N–H and O–H groups in total. The number of carbonyl (C=O) groups excluding carboxylic acids is 1. The van der Waals surface area contributed by atoms with Crippen LogP contribution in [-0.2, 0) is 0 Å². The van der Waals surface area contributed by atoms with Crippen LogP contribution in [0.2, 0.25) is 0 Å². The van der Waals surface area contributed by atoms with E-state index in [0.717, 1.165) is 0 Å². The van der Waals surface area contributed by atoms with Gasteiger partial charge in [-0.2, -0.15) is 0 Å². The molecule has 1 saturated heterocycles. The number of urea groups is 1. The highest BCUT2D eigenvalue weighted by Crippen LogP contribution is 1.89. The molecule has 1 aliphatic rings. The quantitative estimate of drug-likeness (QED) is 0.486. The highest BCUT2D eigenvalue weighted by molar-refractivity contribution is 5.76. The molecule has 1 aliphatic heterocycles. The van der Waals surface area contributed by atoms with Crippen molar-refractivity contribution in [3.63, 3.8) is 0 Å². The topological polar surface area (TPSA) is 44.4 Å². The normalized spacial score (nSPS) is 18.5. The van der Waals surface area contributed by atoms with Crippen molar-refractivity contribution < 1.29 is 4.79 Å². The van der Waals surface area contributed by atoms with Crippen LogP contribution in [0.4, 0.5) is 4.79 Å². The SMILES string of the molecule is C=CN1CNNC1=O. The van der Waals surface area contributed by atoms with Crippen molar-refractivity contribution in [2.45, 2.75) is 0 Å². The van der Waals surface area contributed by atoms with Crippen molar-refractivity contribution in [3.8, 4) is 0 Å². The Bertz CT molecular complexity index is 122. The summed E-state index contributed by atoms with van der Waals surface area (Å²) in [5.41, 5.74) is 5.01. The van der Waals surface area contributed by atoms with Gasteiger partial charge in [0.2, 0.25) is 0 Å². The summed E-state index contributed by atoms with van der Waals surface area (Å²) >= 11 is 0. The fourth-order valence-electron chi connectivity index (χ4n) is 0.491. The number of amides is 2. The third-order valence-electron chi connectivity index (χ3n) is 0.926. The number of nitrogens with zero attached hydrogens (tertiary/aromatic N) is 1. The first-order valence-corrected chi connectivity index (χ1v) is 2.26. The lowest BCUT2D eigenvalue weighted by atomic mass is 10.8. The molecule has 0 atom stereocenters. The van der Waals surface area contributed by atoms with Gasteiger partial charge in [0.05, 0.1) is 6.67 Å². The van der Waals surface area contributed by atoms with Crippen LogP contribution >= 0.6 is 0 Å². The van der Waals surface area contributed by atoms with Crippen LogP contribution in [0.15, 0.2) is 12.8 Å². The lowest BCUT2D eigenvalue weighted by Crippen LogP contribution is -2.25. The lowest BCUT2D eigenvalue weighted by Gasteiger charge is -2.01. The van der Waals surface area contributed by atoms with Gasteiger partial charge in [-0.15, -0.1) is 0 Å². The maximum absolute atomic E-state index is 10.5. The zero-order valence-corrected chi connectivity index (χ0v) is 4.35. The summed E-state index contributed by atoms with van der Waals surface area (Å²) < 4.78 is 0. The predicted molar refractivity (Wildman–Crippen MR) is 28.6 cm³/mol. The van der Waals surface area contributed by atoms with E-state index in [2.05, 4.69) is 17.4 Å². The van der Waals surface area contributed by atoms with E-state index in [1.165, 1.54) is 11.1 Å². The smallest absolute Gasteiger partial charge is 0.286 e. The van der Waals surface area contributed by atoms with E-state index in [1.54, 1.807) is 0 Å². The van der Waals surface area contributed by atoms with Crippen LogP contribution in [0.5, 0.6) is 0 Å². The van der Waals surface area contributed by atoms with Crippen LogP contribution in [0.3, 0.4) is 0 Å². The zero-order chi connectivity index (χ0) is 5.98. The standard InChI is InChI=1S/C4H7N3O/c1-2-7-3-5-6-4(7)8/h2,5H,1,3H2,(H,6,8). The predicted octanol–water partition coefficient (Wildman–Crippen LogP) is -0.383. The molecular weight excluding hydrogens is 106 g/mol. The number of hydrogen-bond acceptors (Lipinski definition) is 2. The molecule has 0 aromatic carbocycles. The average Bonchev–Trinajstić information content (AvgIpc) is 2.14. The third kappa shape index (κ3) is 0.651. The summed E-state index contributed by atoms with van der Waals surface area (Å²) in [7, 11) is 0. The molecule has 1 fully saturated rings. The van der Waals surface area contributed by atoms with Crippen molar-refractivity contribution in [1.82, 2.24) is 15.8 Å². The summed E-state index contributed by atoms with van der Waals surface area (Å²) in [6, 6.07) is -0.153. The number of hydrazine groups is 1. The Morgan fingerprint density at radius 3 is 2.88 bits per heavy atom. The van der Waals surface area contributed by atoms with Gasteiger partial charge in [-0.05, 0) is 0 Å². The van der Waals surface area contributed by atoms with Gasteiger partial charge in [-0.25, -0.2) is 10.2 Å². The summed E-state index contributed by atoms with van der Waals surface area (Å²) in [4.78, 5) is 11.9. The van der Waals surface area contributed by atoms with Crippen molar-refractivity contribution in [1.29, 1.82) is 0 Å². The molecule has 0 bridgehead atoms. The molecule has 8 heavy (non-hydrogen) atoms. The molecule has 0 radical (unpaired) electrons. The first-order valence-electron chi connectivity index (χ1n) is 2.26. The molecule has 4 heteroatoms. The summed E-state index contributed by atoms with van der Waals surface area (Å²) in [5.74, 6) is 0. The molecule has 0 aromatic rings. The van der Waals surface area contributed by atoms with Gasteiger partial charge in [-0.1, -0.05) is 6.58 Å². The van der Waals surface area contributed by atoms with Gasteiger partial charge in [0.1, 0.15) is 0 Å². The van der Waals surface area contributed by atoms with E-state index < -0.39 is 0 Å². The van der Waals surface area contributed by atoms with Crippen LogP contribution in [-0.4, -0.2) is 17.6 Å². The van der Waals surface area contributed by atoms with Gasteiger partial charge in [0.25, 0.3) is 0 Å². The minimum absolute atomic E-state index is 0.153. The Morgan fingerprint density at radius 2 is 2.62 bits per heavy atom. The molecule has 1 heterocycles. The molecule has 44 valence electrons. The molecule has 0 unspecified atom stereocenters. The molecule has 1 rings (SSSR count). The first-order chi connectivity index (χ1) is 3.84. The second-order valence-corrected chi connectivity index (χ2v) is 1.42. The largest absolute Gasteiger partial charge is 0.336 e.